The summed E-state index contributed by atoms with van der Waals surface area (Å²) in [6.07, 6.45) is 18.2. The maximum absolute atomic E-state index is 14.4. The number of carbonyl (C=O) groups is 4. The van der Waals surface area contributed by atoms with Crippen LogP contribution in [-0.2, 0) is 28.7 Å². The summed E-state index contributed by atoms with van der Waals surface area (Å²) in [5.41, 5.74) is 4.44. The van der Waals surface area contributed by atoms with Crippen molar-refractivity contribution in [1.82, 2.24) is 9.80 Å². The molecule has 10 nitrogen and oxygen atoms in total. The minimum absolute atomic E-state index is 0.0686. The fourth-order valence-corrected chi connectivity index (χ4v) is 9.08. The Balaban J connectivity index is 0.938. The fraction of sp³-hybridized carbons (Fsp3) is 0.360. The molecule has 0 radical (unpaired) electrons. The molecule has 0 aliphatic carbocycles. The van der Waals surface area contributed by atoms with E-state index in [0.29, 0.717) is 37.4 Å². The minimum atomic E-state index is -0.387. The average molecular weight is 877 g/mol. The first-order valence-corrected chi connectivity index (χ1v) is 23.3. The van der Waals surface area contributed by atoms with Crippen LogP contribution < -0.4 is 9.47 Å². The third-order valence-corrected chi connectivity index (χ3v) is 12.5. The summed E-state index contributed by atoms with van der Waals surface area (Å²) < 4.78 is 21.1. The molecule has 2 aromatic carbocycles. The van der Waals surface area contributed by atoms with Gasteiger partial charge in [0.05, 0.1) is 59.7 Å². The van der Waals surface area contributed by atoms with Crippen LogP contribution in [0.3, 0.4) is 0 Å². The highest BCUT2D eigenvalue weighted by atomic mass is 32.1. The molecular weight excluding hydrogens is 821 g/mol. The van der Waals surface area contributed by atoms with Gasteiger partial charge in [0, 0.05) is 25.2 Å². The number of benzene rings is 2. The smallest absolute Gasteiger partial charge is 0.330 e. The molecule has 0 spiro atoms. The summed E-state index contributed by atoms with van der Waals surface area (Å²) in [7, 11) is 2.71. The lowest BCUT2D eigenvalue weighted by atomic mass is 10.1. The van der Waals surface area contributed by atoms with Crippen LogP contribution in [0.15, 0.2) is 107 Å². The molecule has 62 heavy (non-hydrogen) atoms. The molecule has 4 aromatic rings. The Kier molecular flexibility index (Phi) is 17.8. The Morgan fingerprint density at radius 3 is 1.24 bits per heavy atom. The van der Waals surface area contributed by atoms with Gasteiger partial charge in [0.2, 0.25) is 0 Å². The number of hydrogen-bond acceptors (Lipinski definition) is 10. The van der Waals surface area contributed by atoms with E-state index in [-0.39, 0.29) is 23.8 Å². The monoisotopic (exact) mass is 876 g/mol. The summed E-state index contributed by atoms with van der Waals surface area (Å²) in [6.45, 7) is 2.43. The highest BCUT2D eigenvalue weighted by Crippen LogP contribution is 2.48. The first kappa shape index (κ1) is 45.8. The van der Waals surface area contributed by atoms with Crippen molar-refractivity contribution in [3.63, 3.8) is 0 Å². The summed E-state index contributed by atoms with van der Waals surface area (Å²) in [4.78, 5) is 57.0. The van der Waals surface area contributed by atoms with Gasteiger partial charge in [0.15, 0.2) is 0 Å². The topological polar surface area (TPSA) is 112 Å². The quantitative estimate of drug-likeness (QED) is 0.0348. The van der Waals surface area contributed by atoms with Crippen LogP contribution >= 0.6 is 22.7 Å². The van der Waals surface area contributed by atoms with Gasteiger partial charge in [-0.15, -0.1) is 22.7 Å². The SMILES string of the molecule is COC(=O)/C=C/c1ccc(OCCCCCCCCN2C(=O)C3=C(c4cccs4)N(CCCCCCCCOc4ccc(/C=C/C(=O)OC)cc4)C(=O)C3=C2c2cccs2)cc1. The first-order valence-electron chi connectivity index (χ1n) is 21.6. The Hall–Kier alpha value is -5.72. The van der Waals surface area contributed by atoms with Crippen LogP contribution in [0.4, 0.5) is 0 Å². The van der Waals surface area contributed by atoms with Crippen molar-refractivity contribution >= 4 is 70.0 Å². The number of hydrogen-bond donors (Lipinski definition) is 0. The maximum Gasteiger partial charge on any atom is 0.330 e. The molecule has 0 unspecified atom stereocenters. The second kappa shape index (κ2) is 24.1. The molecule has 0 atom stereocenters. The standard InChI is InChI=1S/C50H56N2O8S2/c1-57-43(53)29-23-37-19-25-39(26-20-37)59-33-13-9-5-3-7-11-31-51-47(41-17-15-35-61-41)45-46(49(51)55)48(42-18-16-36-62-42)52(50(45)56)32-12-8-4-6-10-14-34-60-40-27-21-38(22-28-40)24-30-44(54)58-2/h15-30,35-36H,3-14,31-34H2,1-2H3/b29-23+,30-24+. The molecule has 6 rings (SSSR count). The van der Waals surface area contributed by atoms with Gasteiger partial charge in [-0.25, -0.2) is 9.59 Å². The fourth-order valence-electron chi connectivity index (χ4n) is 7.52. The zero-order valence-corrected chi connectivity index (χ0v) is 37.3. The Morgan fingerprint density at radius 2 is 0.887 bits per heavy atom. The number of nitrogens with zero attached hydrogens (tertiary/aromatic N) is 2. The molecular formula is C50H56N2O8S2. The van der Waals surface area contributed by atoms with E-state index >= 15 is 0 Å². The van der Waals surface area contributed by atoms with Gasteiger partial charge >= 0.3 is 11.9 Å². The number of rotatable bonds is 26. The van der Waals surface area contributed by atoms with E-state index in [1.54, 1.807) is 34.8 Å². The lowest BCUT2D eigenvalue weighted by molar-refractivity contribution is -0.135. The van der Waals surface area contributed by atoms with E-state index in [1.165, 1.54) is 26.4 Å². The van der Waals surface area contributed by atoms with Crippen molar-refractivity contribution < 1.29 is 38.1 Å². The van der Waals surface area contributed by atoms with Crippen molar-refractivity contribution in [1.29, 1.82) is 0 Å². The summed E-state index contributed by atoms with van der Waals surface area (Å²) in [5, 5.41) is 4.01. The van der Waals surface area contributed by atoms with E-state index in [1.807, 2.05) is 93.4 Å². The van der Waals surface area contributed by atoms with Crippen LogP contribution in [0.5, 0.6) is 11.5 Å². The number of thiophene rings is 2. The van der Waals surface area contributed by atoms with Crippen molar-refractivity contribution in [3.05, 3.63) is 128 Å². The molecule has 2 aliphatic heterocycles. The lowest BCUT2D eigenvalue weighted by Gasteiger charge is -2.24. The highest BCUT2D eigenvalue weighted by Gasteiger charge is 2.49. The largest absolute Gasteiger partial charge is 0.494 e. The van der Waals surface area contributed by atoms with E-state index < -0.39 is 0 Å². The predicted molar refractivity (Wildman–Crippen MR) is 247 cm³/mol. The van der Waals surface area contributed by atoms with Gasteiger partial charge in [-0.05, 0) is 96.1 Å². The molecule has 0 fully saturated rings. The zero-order chi connectivity index (χ0) is 43.5. The number of carbonyl (C=O) groups excluding carboxylic acids is 4. The Bertz CT molecular complexity index is 2050. The Labute approximate surface area is 373 Å². The van der Waals surface area contributed by atoms with E-state index in [4.69, 9.17) is 9.47 Å². The highest BCUT2D eigenvalue weighted by molar-refractivity contribution is 7.11. The van der Waals surface area contributed by atoms with Crippen molar-refractivity contribution in [3.8, 4) is 11.5 Å². The first-order chi connectivity index (χ1) is 30.4. The van der Waals surface area contributed by atoms with Crippen molar-refractivity contribution in [2.75, 3.05) is 40.5 Å². The van der Waals surface area contributed by atoms with Crippen LogP contribution in [-0.4, -0.2) is 74.1 Å². The molecule has 2 aliphatic rings. The van der Waals surface area contributed by atoms with Crippen LogP contribution in [0.1, 0.15) is 97.9 Å². The molecule has 2 aromatic heterocycles. The molecule has 0 saturated heterocycles. The number of unbranched alkanes of at least 4 members (excludes halogenated alkanes) is 10. The zero-order valence-electron chi connectivity index (χ0n) is 35.7. The summed E-state index contributed by atoms with van der Waals surface area (Å²) >= 11 is 3.14. The lowest BCUT2D eigenvalue weighted by Crippen LogP contribution is -2.30. The molecule has 12 heteroatoms. The van der Waals surface area contributed by atoms with Gasteiger partial charge < -0.3 is 28.7 Å². The molecule has 4 heterocycles. The van der Waals surface area contributed by atoms with E-state index in [2.05, 4.69) is 9.47 Å². The number of esters is 2. The normalized spacial score (nSPS) is 13.9. The maximum atomic E-state index is 14.4. The van der Waals surface area contributed by atoms with Gasteiger partial charge in [-0.2, -0.15) is 0 Å². The Morgan fingerprint density at radius 1 is 0.516 bits per heavy atom. The van der Waals surface area contributed by atoms with E-state index in [9.17, 15) is 19.2 Å². The third-order valence-electron chi connectivity index (χ3n) is 10.8. The second-order valence-corrected chi connectivity index (χ2v) is 17.0. The van der Waals surface area contributed by atoms with Gasteiger partial charge in [-0.1, -0.05) is 87.8 Å². The molecule has 0 bridgehead atoms. The summed E-state index contributed by atoms with van der Waals surface area (Å²) in [5.74, 6) is 0.688. The molecule has 326 valence electrons. The van der Waals surface area contributed by atoms with Crippen molar-refractivity contribution in [2.24, 2.45) is 0 Å². The van der Waals surface area contributed by atoms with Gasteiger partial charge in [-0.3, -0.25) is 9.59 Å². The molecule has 0 saturated carbocycles. The number of amides is 2. The molecule has 2 amide bonds. The van der Waals surface area contributed by atoms with Crippen LogP contribution in [0.2, 0.25) is 0 Å². The van der Waals surface area contributed by atoms with Crippen LogP contribution in [0, 0.1) is 0 Å². The predicted octanol–water partition coefficient (Wildman–Crippen LogP) is 10.8. The number of fused-ring (bicyclic) bond motifs is 1. The van der Waals surface area contributed by atoms with E-state index in [0.717, 1.165) is 121 Å². The molecule has 0 N–H and O–H groups in total. The third kappa shape index (κ3) is 12.7. The number of methoxy groups -OCH3 is 2. The second-order valence-electron chi connectivity index (χ2n) is 15.1. The van der Waals surface area contributed by atoms with Gasteiger partial charge in [0.25, 0.3) is 11.8 Å². The average Bonchev–Trinajstić information content (AvgIpc) is 4.12. The number of ether oxygens (including phenoxy) is 4. The van der Waals surface area contributed by atoms with Gasteiger partial charge in [0.1, 0.15) is 11.5 Å². The van der Waals surface area contributed by atoms with Crippen molar-refractivity contribution in [2.45, 2.75) is 77.0 Å². The minimum Gasteiger partial charge on any atom is -0.494 e. The van der Waals surface area contributed by atoms with Crippen LogP contribution in [0.25, 0.3) is 23.5 Å². The summed E-state index contributed by atoms with van der Waals surface area (Å²) in [6, 6.07) is 23.2.